The lowest BCUT2D eigenvalue weighted by molar-refractivity contribution is 0.112. The van der Waals surface area contributed by atoms with Gasteiger partial charge in [0.25, 0.3) is 0 Å². The molecule has 1 unspecified atom stereocenters. The van der Waals surface area contributed by atoms with E-state index in [1.54, 1.807) is 0 Å². The van der Waals surface area contributed by atoms with E-state index in [9.17, 15) is 8.42 Å². The van der Waals surface area contributed by atoms with Gasteiger partial charge in [-0.3, -0.25) is 4.90 Å². The Morgan fingerprint density at radius 2 is 1.90 bits per heavy atom. The maximum atomic E-state index is 11.7. The molecule has 0 spiro atoms. The number of nitrogens with one attached hydrogen (secondary N) is 1. The molecule has 1 aliphatic heterocycles. The molecule has 1 atom stereocenters. The Hall–Kier alpha value is -0.130. The molecule has 1 aliphatic rings. The van der Waals surface area contributed by atoms with Gasteiger partial charge in [-0.2, -0.15) is 0 Å². The highest BCUT2D eigenvalue weighted by atomic mass is 32.2. The van der Waals surface area contributed by atoms with Crippen LogP contribution in [0.3, 0.4) is 0 Å². The van der Waals surface area contributed by atoms with E-state index in [0.717, 1.165) is 32.5 Å². The van der Waals surface area contributed by atoms with Crippen LogP contribution in [-0.4, -0.2) is 57.0 Å². The molecule has 1 N–H and O–H groups in total. The lowest BCUT2D eigenvalue weighted by atomic mass is 9.81. The molecule has 1 rings (SSSR count). The number of rotatable bonds is 8. The van der Waals surface area contributed by atoms with E-state index in [1.165, 1.54) is 0 Å². The van der Waals surface area contributed by atoms with Crippen molar-refractivity contribution < 1.29 is 8.42 Å². The Morgan fingerprint density at radius 3 is 2.38 bits per heavy atom. The number of hydrogen-bond donors (Lipinski definition) is 1. The van der Waals surface area contributed by atoms with Crippen LogP contribution >= 0.6 is 0 Å². The predicted octanol–water partition coefficient (Wildman–Crippen LogP) is 2.16. The van der Waals surface area contributed by atoms with Crippen LogP contribution in [0.4, 0.5) is 0 Å². The first kappa shape index (κ1) is 18.9. The van der Waals surface area contributed by atoms with Gasteiger partial charge in [0.2, 0.25) is 0 Å². The molecule has 0 aromatic heterocycles. The second-order valence-corrected chi connectivity index (χ2v) is 9.39. The van der Waals surface area contributed by atoms with E-state index < -0.39 is 9.84 Å². The normalized spacial score (nSPS) is 23.6. The summed E-state index contributed by atoms with van der Waals surface area (Å²) in [5.41, 5.74) is 0.254. The predicted molar refractivity (Wildman–Crippen MR) is 90.4 cm³/mol. The highest BCUT2D eigenvalue weighted by Crippen LogP contribution is 2.29. The fourth-order valence-electron chi connectivity index (χ4n) is 3.10. The molecular weight excluding hydrogens is 284 g/mol. The first-order valence-electron chi connectivity index (χ1n) is 8.39. The third-order valence-corrected chi connectivity index (χ3v) is 6.69. The van der Waals surface area contributed by atoms with Crippen LogP contribution in [-0.2, 0) is 9.84 Å². The summed E-state index contributed by atoms with van der Waals surface area (Å²) in [4.78, 5) is 2.38. The zero-order valence-corrected chi connectivity index (χ0v) is 15.3. The highest BCUT2D eigenvalue weighted by Gasteiger charge is 2.34. The fraction of sp³-hybridized carbons (Fsp3) is 1.00. The minimum atomic E-state index is -2.82. The van der Waals surface area contributed by atoms with Gasteiger partial charge >= 0.3 is 0 Å². The number of nitrogens with zero attached hydrogens (tertiary/aromatic N) is 1. The van der Waals surface area contributed by atoms with Gasteiger partial charge in [-0.15, -0.1) is 0 Å². The van der Waals surface area contributed by atoms with Crippen molar-refractivity contribution in [3.63, 3.8) is 0 Å². The zero-order chi connectivity index (χ0) is 16.1. The summed E-state index contributed by atoms with van der Waals surface area (Å²) < 4.78 is 23.4. The smallest absolute Gasteiger partial charge is 0.153 e. The van der Waals surface area contributed by atoms with Gasteiger partial charge in [-0.05, 0) is 37.6 Å². The van der Waals surface area contributed by atoms with Gasteiger partial charge in [-0.1, -0.05) is 27.7 Å². The lowest BCUT2D eigenvalue weighted by Gasteiger charge is -2.42. The zero-order valence-electron chi connectivity index (χ0n) is 14.5. The van der Waals surface area contributed by atoms with Crippen molar-refractivity contribution in [1.82, 2.24) is 10.2 Å². The molecule has 21 heavy (non-hydrogen) atoms. The molecule has 5 heteroatoms. The summed E-state index contributed by atoms with van der Waals surface area (Å²) in [6.45, 7) is 14.8. The second-order valence-electron chi connectivity index (χ2n) is 7.17. The van der Waals surface area contributed by atoms with Crippen molar-refractivity contribution in [2.75, 3.05) is 37.7 Å². The van der Waals surface area contributed by atoms with Gasteiger partial charge < -0.3 is 5.32 Å². The third kappa shape index (κ3) is 5.87. The topological polar surface area (TPSA) is 49.4 Å². The maximum absolute atomic E-state index is 11.7. The van der Waals surface area contributed by atoms with E-state index in [2.05, 4.69) is 37.9 Å². The first-order valence-corrected chi connectivity index (χ1v) is 10.2. The first-order chi connectivity index (χ1) is 9.73. The van der Waals surface area contributed by atoms with Crippen molar-refractivity contribution in [3.05, 3.63) is 0 Å². The molecule has 1 fully saturated rings. The minimum absolute atomic E-state index is 0.145. The van der Waals surface area contributed by atoms with Crippen molar-refractivity contribution in [2.45, 2.75) is 53.5 Å². The van der Waals surface area contributed by atoms with Crippen LogP contribution in [0, 0.1) is 11.3 Å². The molecule has 0 aliphatic carbocycles. The maximum Gasteiger partial charge on any atom is 0.153 e. The van der Waals surface area contributed by atoms with Gasteiger partial charge in [0, 0.05) is 25.7 Å². The van der Waals surface area contributed by atoms with Crippen LogP contribution in [0.2, 0.25) is 0 Å². The molecule has 1 saturated heterocycles. The van der Waals surface area contributed by atoms with Crippen molar-refractivity contribution in [2.24, 2.45) is 11.3 Å². The summed E-state index contributed by atoms with van der Waals surface area (Å²) in [5, 5.41) is 3.60. The van der Waals surface area contributed by atoms with E-state index in [0.29, 0.717) is 24.0 Å². The summed E-state index contributed by atoms with van der Waals surface area (Å²) in [7, 11) is -2.82. The largest absolute Gasteiger partial charge is 0.316 e. The van der Waals surface area contributed by atoms with Crippen LogP contribution in [0.25, 0.3) is 0 Å². The molecule has 0 bridgehead atoms. The highest BCUT2D eigenvalue weighted by molar-refractivity contribution is 7.91. The fourth-order valence-corrected chi connectivity index (χ4v) is 4.73. The van der Waals surface area contributed by atoms with E-state index in [4.69, 9.17) is 0 Å². The average molecular weight is 319 g/mol. The van der Waals surface area contributed by atoms with Gasteiger partial charge in [0.1, 0.15) is 0 Å². The SMILES string of the molecule is CCC(CC)(CNCC(C)C)CN1CCS(=O)(=O)CC1C. The number of hydrogen-bond acceptors (Lipinski definition) is 4. The second kappa shape index (κ2) is 7.93. The van der Waals surface area contributed by atoms with Crippen molar-refractivity contribution >= 4 is 9.84 Å². The molecule has 126 valence electrons. The van der Waals surface area contributed by atoms with E-state index in [-0.39, 0.29) is 11.5 Å². The Bertz CT molecular complexity index is 403. The Labute approximate surface area is 131 Å². The lowest BCUT2D eigenvalue weighted by Crippen LogP contribution is -2.53. The summed E-state index contributed by atoms with van der Waals surface area (Å²) >= 11 is 0. The third-order valence-electron chi connectivity index (χ3n) is 4.90. The molecule has 0 amide bonds. The van der Waals surface area contributed by atoms with E-state index in [1.807, 2.05) is 6.92 Å². The Morgan fingerprint density at radius 1 is 1.29 bits per heavy atom. The standard InChI is InChI=1S/C16H34N2O2S/c1-6-16(7-2,12-17-10-14(3)4)13-18-8-9-21(19,20)11-15(18)5/h14-15,17H,6-13H2,1-5H3. The Kier molecular flexibility index (Phi) is 7.14. The summed E-state index contributed by atoms with van der Waals surface area (Å²) in [6, 6.07) is 0.145. The Balaban J connectivity index is 2.65. The molecular formula is C16H34N2O2S. The molecule has 0 radical (unpaired) electrons. The minimum Gasteiger partial charge on any atom is -0.316 e. The summed E-state index contributed by atoms with van der Waals surface area (Å²) in [6.07, 6.45) is 2.26. The van der Waals surface area contributed by atoms with Crippen LogP contribution in [0.5, 0.6) is 0 Å². The van der Waals surface area contributed by atoms with Gasteiger partial charge in [0.15, 0.2) is 9.84 Å². The molecule has 1 heterocycles. The molecule has 4 nitrogen and oxygen atoms in total. The van der Waals surface area contributed by atoms with Crippen molar-refractivity contribution in [3.8, 4) is 0 Å². The monoisotopic (exact) mass is 318 g/mol. The molecule has 0 aromatic carbocycles. The quantitative estimate of drug-likeness (QED) is 0.745. The van der Waals surface area contributed by atoms with Crippen LogP contribution < -0.4 is 5.32 Å². The van der Waals surface area contributed by atoms with Crippen molar-refractivity contribution in [1.29, 1.82) is 0 Å². The summed E-state index contributed by atoms with van der Waals surface area (Å²) in [5.74, 6) is 1.30. The van der Waals surface area contributed by atoms with Crippen LogP contribution in [0.1, 0.15) is 47.5 Å². The molecule has 0 saturated carbocycles. The molecule has 0 aromatic rings. The van der Waals surface area contributed by atoms with Gasteiger partial charge in [0.05, 0.1) is 11.5 Å². The van der Waals surface area contributed by atoms with Crippen LogP contribution in [0.15, 0.2) is 0 Å². The number of sulfone groups is 1. The average Bonchev–Trinajstić information content (AvgIpc) is 2.39. The van der Waals surface area contributed by atoms with E-state index >= 15 is 0 Å². The van der Waals surface area contributed by atoms with Gasteiger partial charge in [-0.25, -0.2) is 8.42 Å².